The van der Waals surface area contributed by atoms with Crippen molar-refractivity contribution in [1.82, 2.24) is 24.5 Å². The van der Waals surface area contributed by atoms with Crippen LogP contribution in [-0.4, -0.2) is 19.2 Å². The van der Waals surface area contributed by atoms with Crippen molar-refractivity contribution in [3.05, 3.63) is 64.7 Å². The third-order valence-electron chi connectivity index (χ3n) is 3.99. The monoisotopic (exact) mass is 369 g/mol. The van der Waals surface area contributed by atoms with Crippen molar-refractivity contribution in [2.24, 2.45) is 7.05 Å². The van der Waals surface area contributed by atoms with E-state index in [9.17, 15) is 0 Å². The molecular weight excluding hydrogens is 354 g/mol. The zero-order valence-corrected chi connectivity index (χ0v) is 14.3. The average molecular weight is 370 g/mol. The van der Waals surface area contributed by atoms with Gasteiger partial charge in [-0.2, -0.15) is 5.10 Å². The van der Waals surface area contributed by atoms with Gasteiger partial charge >= 0.3 is 0 Å². The number of hydrogen-bond acceptors (Lipinski definition) is 3. The van der Waals surface area contributed by atoms with Crippen molar-refractivity contribution >= 4 is 32.5 Å². The molecule has 23 heavy (non-hydrogen) atoms. The highest BCUT2D eigenvalue weighted by Gasteiger charge is 2.04. The standard InChI is InChI=1S/C17H16BrN5/c1-22-16-6-12(2-3-13(16)8-21-22)7-19-9-15-10-20-17-5-4-14(18)11-23(15)17/h2-6,8,10-11,19H,7,9H2,1H3. The van der Waals surface area contributed by atoms with Gasteiger partial charge in [-0.3, -0.25) is 4.68 Å². The number of aromatic nitrogens is 4. The lowest BCUT2D eigenvalue weighted by atomic mass is 10.1. The lowest BCUT2D eigenvalue weighted by Gasteiger charge is -2.06. The van der Waals surface area contributed by atoms with Gasteiger partial charge in [-0.05, 0) is 39.7 Å². The van der Waals surface area contributed by atoms with Gasteiger partial charge in [0.1, 0.15) is 5.65 Å². The normalized spacial score (nSPS) is 11.6. The minimum Gasteiger partial charge on any atom is -0.307 e. The van der Waals surface area contributed by atoms with Gasteiger partial charge in [-0.25, -0.2) is 4.98 Å². The fourth-order valence-corrected chi connectivity index (χ4v) is 3.11. The van der Waals surface area contributed by atoms with E-state index in [1.807, 2.05) is 42.5 Å². The highest BCUT2D eigenvalue weighted by Crippen LogP contribution is 2.16. The summed E-state index contributed by atoms with van der Waals surface area (Å²) >= 11 is 3.50. The average Bonchev–Trinajstić information content (AvgIpc) is 3.12. The number of hydrogen-bond donors (Lipinski definition) is 1. The molecule has 116 valence electrons. The summed E-state index contributed by atoms with van der Waals surface area (Å²) in [4.78, 5) is 4.42. The van der Waals surface area contributed by atoms with E-state index in [4.69, 9.17) is 0 Å². The van der Waals surface area contributed by atoms with Crippen LogP contribution in [0.4, 0.5) is 0 Å². The van der Waals surface area contributed by atoms with E-state index in [1.165, 1.54) is 10.9 Å². The lowest BCUT2D eigenvalue weighted by Crippen LogP contribution is -2.14. The fraction of sp³-hybridized carbons (Fsp3) is 0.176. The molecule has 0 unspecified atom stereocenters. The summed E-state index contributed by atoms with van der Waals surface area (Å²) in [5, 5.41) is 8.94. The van der Waals surface area contributed by atoms with E-state index in [1.54, 1.807) is 0 Å². The van der Waals surface area contributed by atoms with Gasteiger partial charge in [-0.15, -0.1) is 0 Å². The van der Waals surface area contributed by atoms with Crippen LogP contribution in [0.5, 0.6) is 0 Å². The predicted molar refractivity (Wildman–Crippen MR) is 94.1 cm³/mol. The zero-order chi connectivity index (χ0) is 15.8. The van der Waals surface area contributed by atoms with Crippen molar-refractivity contribution in [2.45, 2.75) is 13.1 Å². The Kier molecular flexibility index (Phi) is 3.63. The van der Waals surface area contributed by atoms with Crippen LogP contribution in [-0.2, 0) is 20.1 Å². The van der Waals surface area contributed by atoms with Gasteiger partial charge in [0.25, 0.3) is 0 Å². The number of halogens is 1. The number of benzene rings is 1. The van der Waals surface area contributed by atoms with Crippen LogP contribution in [0.15, 0.2) is 53.4 Å². The number of rotatable bonds is 4. The molecule has 3 heterocycles. The second-order valence-electron chi connectivity index (χ2n) is 5.59. The molecule has 0 saturated heterocycles. The molecule has 0 saturated carbocycles. The van der Waals surface area contributed by atoms with Crippen LogP contribution >= 0.6 is 15.9 Å². The number of pyridine rings is 1. The maximum absolute atomic E-state index is 4.42. The molecule has 5 nitrogen and oxygen atoms in total. The van der Waals surface area contributed by atoms with Crippen LogP contribution in [0, 0.1) is 0 Å². The molecule has 0 spiro atoms. The summed E-state index contributed by atoms with van der Waals surface area (Å²) in [5.74, 6) is 0. The van der Waals surface area contributed by atoms with Gasteiger partial charge in [0.2, 0.25) is 0 Å². The molecule has 6 heteroatoms. The number of fused-ring (bicyclic) bond motifs is 2. The Morgan fingerprint density at radius 2 is 2.04 bits per heavy atom. The maximum atomic E-state index is 4.42. The predicted octanol–water partition coefficient (Wildman–Crippen LogP) is 3.27. The number of aryl methyl sites for hydroxylation is 1. The summed E-state index contributed by atoms with van der Waals surface area (Å²) in [6.07, 6.45) is 5.85. The smallest absolute Gasteiger partial charge is 0.136 e. The molecule has 0 radical (unpaired) electrons. The molecule has 4 rings (SSSR count). The Morgan fingerprint density at radius 3 is 2.96 bits per heavy atom. The van der Waals surface area contributed by atoms with Crippen LogP contribution < -0.4 is 5.32 Å². The second-order valence-corrected chi connectivity index (χ2v) is 6.51. The van der Waals surface area contributed by atoms with Gasteiger partial charge in [0.05, 0.1) is 23.6 Å². The molecule has 0 fully saturated rings. The molecule has 1 N–H and O–H groups in total. The molecule has 0 amide bonds. The van der Waals surface area contributed by atoms with Crippen molar-refractivity contribution in [3.8, 4) is 0 Å². The third-order valence-corrected chi connectivity index (χ3v) is 4.46. The fourth-order valence-electron chi connectivity index (χ4n) is 2.77. The Hall–Kier alpha value is -2.18. The van der Waals surface area contributed by atoms with Gasteiger partial charge in [-0.1, -0.05) is 12.1 Å². The summed E-state index contributed by atoms with van der Waals surface area (Å²) in [6, 6.07) is 10.4. The first-order valence-electron chi connectivity index (χ1n) is 7.43. The first-order valence-corrected chi connectivity index (χ1v) is 8.23. The van der Waals surface area contributed by atoms with E-state index >= 15 is 0 Å². The van der Waals surface area contributed by atoms with Crippen LogP contribution in [0.3, 0.4) is 0 Å². The maximum Gasteiger partial charge on any atom is 0.136 e. The van der Waals surface area contributed by atoms with Gasteiger partial charge < -0.3 is 9.72 Å². The number of imidazole rings is 1. The van der Waals surface area contributed by atoms with Crippen LogP contribution in [0.25, 0.3) is 16.6 Å². The molecular formula is C17H16BrN5. The Morgan fingerprint density at radius 1 is 1.13 bits per heavy atom. The van der Waals surface area contributed by atoms with Crippen molar-refractivity contribution in [1.29, 1.82) is 0 Å². The van der Waals surface area contributed by atoms with E-state index in [0.29, 0.717) is 0 Å². The Bertz CT molecular complexity index is 985. The van der Waals surface area contributed by atoms with E-state index in [0.717, 1.165) is 34.4 Å². The number of nitrogens with one attached hydrogen (secondary N) is 1. The first kappa shape index (κ1) is 14.4. The summed E-state index contributed by atoms with van der Waals surface area (Å²) in [6.45, 7) is 1.57. The lowest BCUT2D eigenvalue weighted by molar-refractivity contribution is 0.675. The van der Waals surface area contributed by atoms with Crippen LogP contribution in [0.2, 0.25) is 0 Å². The topological polar surface area (TPSA) is 47.2 Å². The summed E-state index contributed by atoms with van der Waals surface area (Å²) in [5.41, 5.74) is 4.50. The molecule has 0 aliphatic heterocycles. The van der Waals surface area contributed by atoms with Crippen molar-refractivity contribution in [3.63, 3.8) is 0 Å². The summed E-state index contributed by atoms with van der Waals surface area (Å²) in [7, 11) is 1.97. The summed E-state index contributed by atoms with van der Waals surface area (Å²) < 4.78 is 5.05. The quantitative estimate of drug-likeness (QED) is 0.600. The van der Waals surface area contributed by atoms with E-state index < -0.39 is 0 Å². The molecule has 3 aromatic heterocycles. The van der Waals surface area contributed by atoms with Gasteiger partial charge in [0.15, 0.2) is 0 Å². The van der Waals surface area contributed by atoms with E-state index in [-0.39, 0.29) is 0 Å². The molecule has 0 atom stereocenters. The minimum absolute atomic E-state index is 0.765. The van der Waals surface area contributed by atoms with E-state index in [2.05, 4.69) is 53.9 Å². The Balaban J connectivity index is 1.49. The SMILES string of the molecule is Cn1ncc2ccc(CNCc3cnc4ccc(Br)cn34)cc21. The molecule has 1 aromatic carbocycles. The van der Waals surface area contributed by atoms with Crippen molar-refractivity contribution in [2.75, 3.05) is 0 Å². The second kappa shape index (κ2) is 5.79. The Labute approximate surface area is 142 Å². The van der Waals surface area contributed by atoms with Crippen molar-refractivity contribution < 1.29 is 0 Å². The zero-order valence-electron chi connectivity index (χ0n) is 12.7. The number of nitrogens with zero attached hydrogens (tertiary/aromatic N) is 4. The van der Waals surface area contributed by atoms with Crippen LogP contribution in [0.1, 0.15) is 11.3 Å². The highest BCUT2D eigenvalue weighted by molar-refractivity contribution is 9.10. The third kappa shape index (κ3) is 2.75. The largest absolute Gasteiger partial charge is 0.307 e. The first-order chi connectivity index (χ1) is 11.2. The molecule has 0 bridgehead atoms. The molecule has 4 aromatic rings. The molecule has 0 aliphatic rings. The highest BCUT2D eigenvalue weighted by atomic mass is 79.9. The minimum atomic E-state index is 0.765. The van der Waals surface area contributed by atoms with Gasteiger partial charge in [0, 0.05) is 36.2 Å². The molecule has 0 aliphatic carbocycles.